The molecule has 0 aromatic carbocycles. The Kier molecular flexibility index (Phi) is 7.91. The fraction of sp³-hybridized carbons (Fsp3) is 0.964. The highest BCUT2D eigenvalue weighted by molar-refractivity contribution is 5.76. The second-order valence-electron chi connectivity index (χ2n) is 14.5. The van der Waals surface area contributed by atoms with Crippen molar-refractivity contribution in [2.24, 2.45) is 22.2 Å². The van der Waals surface area contributed by atoms with Crippen LogP contribution in [0.4, 0.5) is 0 Å². The summed E-state index contributed by atoms with van der Waals surface area (Å²) in [6.45, 7) is 20.7. The fourth-order valence-electron chi connectivity index (χ4n) is 6.12. The van der Waals surface area contributed by atoms with Crippen LogP contribution in [0.2, 0.25) is 0 Å². The smallest absolute Gasteiger partial charge is 0.312 e. The molecule has 6 heteroatoms. The number of rotatable bonds is 11. The van der Waals surface area contributed by atoms with Gasteiger partial charge in [0.05, 0.1) is 29.8 Å². The lowest BCUT2D eigenvalue weighted by Gasteiger charge is -2.64. The predicted molar refractivity (Wildman–Crippen MR) is 132 cm³/mol. The third-order valence-electron chi connectivity index (χ3n) is 7.63. The van der Waals surface area contributed by atoms with E-state index < -0.39 is 22.2 Å². The summed E-state index contributed by atoms with van der Waals surface area (Å²) in [7, 11) is 0. The van der Waals surface area contributed by atoms with Crippen LogP contribution in [0.25, 0.3) is 0 Å². The Balaban J connectivity index is 1.76. The third-order valence-corrected chi connectivity index (χ3v) is 7.63. The van der Waals surface area contributed by atoms with Crippen molar-refractivity contribution in [2.75, 3.05) is 26.8 Å². The molecule has 0 N–H and O–H groups in total. The lowest BCUT2D eigenvalue weighted by atomic mass is 9.50. The summed E-state index contributed by atoms with van der Waals surface area (Å²) in [5.41, 5.74) is -1.66. The van der Waals surface area contributed by atoms with Gasteiger partial charge in [-0.25, -0.2) is 0 Å². The van der Waals surface area contributed by atoms with Crippen LogP contribution < -0.4 is 0 Å². The molecule has 0 aromatic heterocycles. The Hall–Kier alpha value is -0.690. The monoisotopic (exact) mass is 482 g/mol. The predicted octanol–water partition coefficient (Wildman–Crippen LogP) is 6.25. The van der Waals surface area contributed by atoms with Gasteiger partial charge in [-0.3, -0.25) is 4.79 Å². The highest BCUT2D eigenvalue weighted by atomic mass is 16.7. The molecule has 0 spiro atoms. The largest absolute Gasteiger partial charge is 0.458 e. The maximum absolute atomic E-state index is 13.2. The van der Waals surface area contributed by atoms with Crippen molar-refractivity contribution in [3.63, 3.8) is 0 Å². The summed E-state index contributed by atoms with van der Waals surface area (Å²) in [4.78, 5) is 13.2. The van der Waals surface area contributed by atoms with E-state index in [2.05, 4.69) is 41.5 Å². The summed E-state index contributed by atoms with van der Waals surface area (Å²) < 4.78 is 31.2. The molecule has 198 valence electrons. The first-order valence-electron chi connectivity index (χ1n) is 13.2. The van der Waals surface area contributed by atoms with Gasteiger partial charge in [-0.15, -0.1) is 0 Å². The number of ether oxygens (including phenoxy) is 5. The van der Waals surface area contributed by atoms with Crippen molar-refractivity contribution in [1.29, 1.82) is 0 Å². The minimum atomic E-state index is -0.545. The van der Waals surface area contributed by atoms with E-state index in [0.29, 0.717) is 19.1 Å². The summed E-state index contributed by atoms with van der Waals surface area (Å²) in [6, 6.07) is 0. The van der Waals surface area contributed by atoms with Crippen molar-refractivity contribution >= 4 is 5.97 Å². The van der Waals surface area contributed by atoms with Gasteiger partial charge < -0.3 is 23.7 Å². The van der Waals surface area contributed by atoms with Gasteiger partial charge in [0.25, 0.3) is 0 Å². The maximum atomic E-state index is 13.2. The topological polar surface area (TPSA) is 63.2 Å². The molecule has 4 aliphatic rings. The average Bonchev–Trinajstić information content (AvgIpc) is 2.66. The highest BCUT2D eigenvalue weighted by Crippen LogP contribution is 2.63. The molecule has 0 aromatic rings. The van der Waals surface area contributed by atoms with Gasteiger partial charge in [0.1, 0.15) is 19.2 Å². The van der Waals surface area contributed by atoms with Crippen LogP contribution in [-0.2, 0) is 28.5 Å². The van der Waals surface area contributed by atoms with Gasteiger partial charge in [0, 0.05) is 19.3 Å². The molecule has 4 fully saturated rings. The van der Waals surface area contributed by atoms with E-state index in [0.717, 1.165) is 44.9 Å². The van der Waals surface area contributed by atoms with E-state index in [1.807, 2.05) is 20.8 Å². The van der Waals surface area contributed by atoms with Gasteiger partial charge in [0.15, 0.2) is 0 Å². The first-order valence-corrected chi connectivity index (χ1v) is 13.2. The molecule has 4 bridgehead atoms. The van der Waals surface area contributed by atoms with Crippen LogP contribution in [-0.4, -0.2) is 49.6 Å². The summed E-state index contributed by atoms with van der Waals surface area (Å²) in [5, 5.41) is 0. The highest BCUT2D eigenvalue weighted by Gasteiger charge is 2.67. The number of hydrogen-bond donors (Lipinski definition) is 0. The van der Waals surface area contributed by atoms with E-state index in [1.54, 1.807) is 0 Å². The number of hydrogen-bond acceptors (Lipinski definition) is 6. The lowest BCUT2D eigenvalue weighted by molar-refractivity contribution is -0.311. The average molecular weight is 483 g/mol. The zero-order valence-electron chi connectivity index (χ0n) is 23.3. The summed E-state index contributed by atoms with van der Waals surface area (Å²) in [6.07, 6.45) is 5.80. The number of carbonyl (C=O) groups is 1. The first-order chi connectivity index (χ1) is 15.5. The molecule has 6 nitrogen and oxygen atoms in total. The molecule has 4 saturated carbocycles. The van der Waals surface area contributed by atoms with Gasteiger partial charge >= 0.3 is 5.97 Å². The summed E-state index contributed by atoms with van der Waals surface area (Å²) in [5.74, 6) is 0.286. The second-order valence-corrected chi connectivity index (χ2v) is 14.5. The van der Waals surface area contributed by atoms with E-state index in [1.165, 1.54) is 0 Å². The van der Waals surface area contributed by atoms with Crippen LogP contribution >= 0.6 is 0 Å². The van der Waals surface area contributed by atoms with E-state index >= 15 is 0 Å². The zero-order valence-corrected chi connectivity index (χ0v) is 23.3. The van der Waals surface area contributed by atoms with Gasteiger partial charge in [-0.1, -0.05) is 48.5 Å². The van der Waals surface area contributed by atoms with Gasteiger partial charge in [-0.2, -0.15) is 0 Å². The molecule has 2 atom stereocenters. The SMILES string of the molecule is CCC(C)(C)C(=O)OC12CC3CC(OCOCC(C)(C)C)(CC(OCOCC(C)(C)C)(C3)C1)C2. The van der Waals surface area contributed by atoms with Crippen molar-refractivity contribution < 1.29 is 28.5 Å². The van der Waals surface area contributed by atoms with E-state index in [-0.39, 0.29) is 30.4 Å². The molecular weight excluding hydrogens is 432 g/mol. The zero-order chi connectivity index (χ0) is 25.5. The van der Waals surface area contributed by atoms with Gasteiger partial charge in [0.2, 0.25) is 0 Å². The minimum Gasteiger partial charge on any atom is -0.458 e. The lowest BCUT2D eigenvalue weighted by Crippen LogP contribution is -2.68. The van der Waals surface area contributed by atoms with Crippen molar-refractivity contribution in [1.82, 2.24) is 0 Å². The minimum absolute atomic E-state index is 0.0854. The van der Waals surface area contributed by atoms with Crippen molar-refractivity contribution in [2.45, 2.75) is 124 Å². The number of esters is 1. The Morgan fingerprint density at radius 1 is 0.735 bits per heavy atom. The Morgan fingerprint density at radius 2 is 1.15 bits per heavy atom. The van der Waals surface area contributed by atoms with Crippen LogP contribution in [0, 0.1) is 22.2 Å². The molecular formula is C28H50O6. The summed E-state index contributed by atoms with van der Waals surface area (Å²) >= 11 is 0. The molecule has 0 amide bonds. The Morgan fingerprint density at radius 3 is 1.56 bits per heavy atom. The van der Waals surface area contributed by atoms with E-state index in [4.69, 9.17) is 23.7 Å². The maximum Gasteiger partial charge on any atom is 0.312 e. The Labute approximate surface area is 207 Å². The van der Waals surface area contributed by atoms with Crippen LogP contribution in [0.5, 0.6) is 0 Å². The van der Waals surface area contributed by atoms with Gasteiger partial charge in [-0.05, 0) is 56.3 Å². The molecule has 2 unspecified atom stereocenters. The molecule has 0 aliphatic heterocycles. The van der Waals surface area contributed by atoms with Crippen LogP contribution in [0.15, 0.2) is 0 Å². The number of carbonyl (C=O) groups excluding carboxylic acids is 1. The third kappa shape index (κ3) is 6.96. The molecule has 34 heavy (non-hydrogen) atoms. The van der Waals surface area contributed by atoms with E-state index in [9.17, 15) is 4.79 Å². The Bertz CT molecular complexity index is 677. The van der Waals surface area contributed by atoms with Crippen LogP contribution in [0.3, 0.4) is 0 Å². The normalized spacial score (nSPS) is 33.4. The van der Waals surface area contributed by atoms with Crippen LogP contribution in [0.1, 0.15) is 107 Å². The standard InChI is InChI=1S/C28H50O6/c1-10-25(8,9)22(29)34-28-13-21-11-26(15-28,32-19-30-17-23(2,3)4)14-27(12-21,16-28)33-20-31-18-24(5,6)7/h21H,10-20H2,1-9H3. The second kappa shape index (κ2) is 9.64. The molecule has 0 saturated heterocycles. The van der Waals surface area contributed by atoms with Crippen molar-refractivity contribution in [3.8, 4) is 0 Å². The molecule has 4 rings (SSSR count). The fourth-order valence-corrected chi connectivity index (χ4v) is 6.12. The van der Waals surface area contributed by atoms with Crippen molar-refractivity contribution in [3.05, 3.63) is 0 Å². The first kappa shape index (κ1) is 27.9. The molecule has 0 radical (unpaired) electrons. The molecule has 4 aliphatic carbocycles. The quantitative estimate of drug-likeness (QED) is 0.197. The molecule has 0 heterocycles.